The molecule has 1 saturated heterocycles. The summed E-state index contributed by atoms with van der Waals surface area (Å²) >= 11 is 3.84. The molecule has 0 aromatic heterocycles. The van der Waals surface area contributed by atoms with Crippen molar-refractivity contribution in [2.45, 2.75) is 114 Å². The number of alkyl halides is 2. The first-order valence-corrected chi connectivity index (χ1v) is 12.5. The lowest BCUT2D eigenvalue weighted by Gasteiger charge is -2.65. The van der Waals surface area contributed by atoms with Crippen molar-refractivity contribution in [2.24, 2.45) is 28.6 Å². The molecule has 4 saturated carbocycles. The zero-order chi connectivity index (χ0) is 21.9. The molecule has 0 radical (unpaired) electrons. The van der Waals surface area contributed by atoms with Crippen LogP contribution >= 0.6 is 15.9 Å². The third kappa shape index (κ3) is 2.40. The number of Topliss-reactive ketones (excluding diaryl/α,β-unsaturated/α-hetero) is 1. The third-order valence-electron chi connectivity index (χ3n) is 10.2. The van der Waals surface area contributed by atoms with Crippen LogP contribution in [0.2, 0.25) is 0 Å². The lowest BCUT2D eigenvalue weighted by molar-refractivity contribution is -0.220. The fraction of sp³-hybridized carbons (Fsp3) is 0.958. The van der Waals surface area contributed by atoms with Crippen molar-refractivity contribution >= 4 is 21.7 Å². The Hall–Kier alpha value is -0.0400. The molecule has 5 aliphatic rings. The minimum absolute atomic E-state index is 0.0518. The molecule has 1 heterocycles. The van der Waals surface area contributed by atoms with Gasteiger partial charge in [-0.15, -0.1) is 0 Å². The second-order valence-corrected chi connectivity index (χ2v) is 13.3. The minimum Gasteiger partial charge on any atom is -0.393 e. The van der Waals surface area contributed by atoms with E-state index in [1.807, 2.05) is 13.8 Å². The van der Waals surface area contributed by atoms with Gasteiger partial charge in [0, 0.05) is 5.41 Å². The van der Waals surface area contributed by atoms with E-state index in [0.717, 1.165) is 32.1 Å². The highest BCUT2D eigenvalue weighted by Gasteiger charge is 2.76. The molecule has 4 aliphatic carbocycles. The lowest BCUT2D eigenvalue weighted by atomic mass is 9.43. The van der Waals surface area contributed by atoms with Gasteiger partial charge in [0.25, 0.3) is 0 Å². The van der Waals surface area contributed by atoms with Gasteiger partial charge in [-0.1, -0.05) is 29.8 Å². The summed E-state index contributed by atoms with van der Waals surface area (Å²) in [7, 11) is 0. The highest BCUT2D eigenvalue weighted by Crippen LogP contribution is 2.73. The normalized spacial score (nSPS) is 59.1. The maximum Gasteiger partial charge on any atom is 0.164 e. The van der Waals surface area contributed by atoms with Gasteiger partial charge in [0.1, 0.15) is 6.17 Å². The predicted octanol–water partition coefficient (Wildman–Crippen LogP) is 4.94. The van der Waals surface area contributed by atoms with Gasteiger partial charge in [-0.3, -0.25) is 4.79 Å². The average molecular weight is 487 g/mol. The second-order valence-electron chi connectivity index (χ2n) is 11.8. The summed E-state index contributed by atoms with van der Waals surface area (Å²) in [6.45, 7) is 9.88. The molecular weight excluding hydrogens is 451 g/mol. The highest BCUT2D eigenvalue weighted by molar-refractivity contribution is 9.10. The van der Waals surface area contributed by atoms with Crippen LogP contribution in [0.3, 0.4) is 0 Å². The first-order chi connectivity index (χ1) is 13.8. The summed E-state index contributed by atoms with van der Waals surface area (Å²) < 4.78 is 27.9. The number of hydrogen-bond donors (Lipinski definition) is 1. The largest absolute Gasteiger partial charge is 0.393 e. The van der Waals surface area contributed by atoms with E-state index in [2.05, 4.69) is 29.8 Å². The quantitative estimate of drug-likeness (QED) is 0.533. The number of ketones is 1. The summed E-state index contributed by atoms with van der Waals surface area (Å²) in [4.78, 5) is 13.1. The summed E-state index contributed by atoms with van der Waals surface area (Å²) in [6.07, 6.45) is 3.48. The molecule has 0 spiro atoms. The maximum atomic E-state index is 15.9. The molecule has 6 heteroatoms. The van der Waals surface area contributed by atoms with Crippen LogP contribution in [0.25, 0.3) is 0 Å². The van der Waals surface area contributed by atoms with Gasteiger partial charge >= 0.3 is 0 Å². The fourth-order valence-electron chi connectivity index (χ4n) is 8.91. The summed E-state index contributed by atoms with van der Waals surface area (Å²) in [5, 5.41) is 10.3. The van der Waals surface area contributed by atoms with Crippen molar-refractivity contribution in [1.29, 1.82) is 0 Å². The first kappa shape index (κ1) is 21.8. The SMILES string of the molecule is CC(=O)[C@@]12OC(C)(C)O[C@@H]1C[C@H]1[C@@H]3C[C@H](F)[C@@]4(Br)C[C@H](O)CC[C@]4(C)[C@H]3CC[C@@]12C. The number of carbonyl (C=O) groups is 1. The van der Waals surface area contributed by atoms with Gasteiger partial charge in [0.15, 0.2) is 17.2 Å². The van der Waals surface area contributed by atoms with Gasteiger partial charge in [0.2, 0.25) is 0 Å². The number of aliphatic hydroxyl groups excluding tert-OH is 1. The highest BCUT2D eigenvalue weighted by atomic mass is 79.9. The zero-order valence-electron chi connectivity index (χ0n) is 18.8. The van der Waals surface area contributed by atoms with E-state index in [1.165, 1.54) is 0 Å². The molecule has 5 rings (SSSR count). The van der Waals surface area contributed by atoms with Gasteiger partial charge in [-0.2, -0.15) is 0 Å². The average Bonchev–Trinajstić information content (AvgIpc) is 3.05. The van der Waals surface area contributed by atoms with Crippen LogP contribution in [0.1, 0.15) is 79.6 Å². The summed E-state index contributed by atoms with van der Waals surface area (Å²) in [5.74, 6) is 0.0793. The van der Waals surface area contributed by atoms with E-state index in [9.17, 15) is 9.90 Å². The number of hydrogen-bond acceptors (Lipinski definition) is 4. The summed E-state index contributed by atoms with van der Waals surface area (Å²) in [5.41, 5.74) is -1.46. The molecule has 4 nitrogen and oxygen atoms in total. The number of aliphatic hydroxyl groups is 1. The van der Waals surface area contributed by atoms with Gasteiger partial charge in [0.05, 0.1) is 16.5 Å². The monoisotopic (exact) mass is 486 g/mol. The van der Waals surface area contributed by atoms with E-state index in [1.54, 1.807) is 6.92 Å². The van der Waals surface area contributed by atoms with Crippen molar-refractivity contribution in [2.75, 3.05) is 0 Å². The van der Waals surface area contributed by atoms with Crippen LogP contribution in [-0.2, 0) is 14.3 Å². The Bertz CT molecular complexity index is 774. The number of fused-ring (bicyclic) bond motifs is 7. The Labute approximate surface area is 187 Å². The van der Waals surface area contributed by atoms with Gasteiger partial charge in [-0.25, -0.2) is 4.39 Å². The van der Waals surface area contributed by atoms with Crippen LogP contribution < -0.4 is 0 Å². The Morgan fingerprint density at radius 3 is 2.40 bits per heavy atom. The standard InChI is InChI=1S/C24H36BrFO4/c1-13(27)24-19(29-20(2,3)30-24)11-17-15-10-18(26)23(25)12-14(28)6-8-21(23,4)16(15)7-9-22(17,24)5/h14-19,28H,6-12H2,1-5H3/t14-,15-,16+,17+,18+,19-,21-,22+,23+,24-/m1/s1. The van der Waals surface area contributed by atoms with Crippen molar-refractivity contribution in [1.82, 2.24) is 0 Å². The van der Waals surface area contributed by atoms with Crippen molar-refractivity contribution in [3.05, 3.63) is 0 Å². The van der Waals surface area contributed by atoms with Crippen molar-refractivity contribution in [3.63, 3.8) is 0 Å². The molecule has 5 fully saturated rings. The molecule has 1 N–H and O–H groups in total. The third-order valence-corrected chi connectivity index (χ3v) is 12.0. The van der Waals surface area contributed by atoms with E-state index < -0.39 is 28.0 Å². The molecule has 1 aliphatic heterocycles. The minimum atomic E-state index is -1.01. The molecule has 10 atom stereocenters. The fourth-order valence-corrected chi connectivity index (χ4v) is 9.97. The molecular formula is C24H36BrFO4. The Morgan fingerprint density at radius 2 is 1.73 bits per heavy atom. The Kier molecular flexibility index (Phi) is 4.57. The van der Waals surface area contributed by atoms with Crippen LogP contribution in [0.4, 0.5) is 4.39 Å². The molecule has 0 bridgehead atoms. The van der Waals surface area contributed by atoms with Gasteiger partial charge < -0.3 is 14.6 Å². The van der Waals surface area contributed by atoms with Gasteiger partial charge in [-0.05, 0) is 88.9 Å². The van der Waals surface area contributed by atoms with Crippen LogP contribution in [-0.4, -0.2) is 45.0 Å². The number of rotatable bonds is 1. The zero-order valence-corrected chi connectivity index (χ0v) is 20.4. The lowest BCUT2D eigenvalue weighted by Crippen LogP contribution is -2.66. The molecule has 0 aromatic rings. The number of halogens is 2. The van der Waals surface area contributed by atoms with E-state index in [4.69, 9.17) is 9.47 Å². The Balaban J connectivity index is 1.55. The number of ether oxygens (including phenoxy) is 2. The van der Waals surface area contributed by atoms with E-state index in [-0.39, 0.29) is 34.6 Å². The van der Waals surface area contributed by atoms with Crippen LogP contribution in [0, 0.1) is 28.6 Å². The van der Waals surface area contributed by atoms with Crippen molar-refractivity contribution in [3.8, 4) is 0 Å². The number of carbonyl (C=O) groups excluding carboxylic acids is 1. The van der Waals surface area contributed by atoms with Crippen molar-refractivity contribution < 1.29 is 23.8 Å². The molecule has 0 aromatic carbocycles. The molecule has 0 amide bonds. The molecule has 30 heavy (non-hydrogen) atoms. The van der Waals surface area contributed by atoms with E-state index in [0.29, 0.717) is 18.8 Å². The first-order valence-electron chi connectivity index (χ1n) is 11.7. The summed E-state index contributed by atoms with van der Waals surface area (Å²) in [6, 6.07) is 0. The maximum absolute atomic E-state index is 15.9. The Morgan fingerprint density at radius 1 is 1.07 bits per heavy atom. The second kappa shape index (κ2) is 6.30. The van der Waals surface area contributed by atoms with E-state index >= 15 is 4.39 Å². The smallest absolute Gasteiger partial charge is 0.164 e. The predicted molar refractivity (Wildman–Crippen MR) is 115 cm³/mol. The molecule has 0 unspecified atom stereocenters. The molecule has 170 valence electrons. The topological polar surface area (TPSA) is 55.8 Å². The van der Waals surface area contributed by atoms with Crippen LogP contribution in [0.15, 0.2) is 0 Å². The van der Waals surface area contributed by atoms with Crippen LogP contribution in [0.5, 0.6) is 0 Å².